The summed E-state index contributed by atoms with van der Waals surface area (Å²) < 4.78 is 5.44. The highest BCUT2D eigenvalue weighted by molar-refractivity contribution is 5.73. The van der Waals surface area contributed by atoms with Crippen LogP contribution >= 0.6 is 0 Å². The predicted octanol–water partition coefficient (Wildman–Crippen LogP) is 1.43. The summed E-state index contributed by atoms with van der Waals surface area (Å²) in [6.07, 6.45) is 0.837. The van der Waals surface area contributed by atoms with Crippen LogP contribution < -0.4 is 16.0 Å². The molecule has 0 amide bonds. The Balaban J connectivity index is 2.23. The summed E-state index contributed by atoms with van der Waals surface area (Å²) in [6.45, 7) is 0.668. The van der Waals surface area contributed by atoms with Gasteiger partial charge in [0.2, 0.25) is 0 Å². The Hall–Kier alpha value is -2.74. The lowest BCUT2D eigenvalue weighted by molar-refractivity contribution is 0.357. The molecule has 0 bridgehead atoms. The van der Waals surface area contributed by atoms with Gasteiger partial charge < -0.3 is 15.5 Å². The topological polar surface area (TPSA) is 91.9 Å². The van der Waals surface area contributed by atoms with Crippen LogP contribution in [0.1, 0.15) is 11.1 Å². The van der Waals surface area contributed by atoms with Crippen LogP contribution in [0, 0.1) is 11.3 Å². The molecule has 94 valence electrons. The van der Waals surface area contributed by atoms with Gasteiger partial charge in [0, 0.05) is 12.0 Å². The molecule has 0 radical (unpaired) electrons. The summed E-state index contributed by atoms with van der Waals surface area (Å²) in [5.74, 6) is 1.11. The number of nitrogens with two attached hydrogens (primary N) is 1. The maximum Gasteiger partial charge on any atom is 0.268 e. The second kappa shape index (κ2) is 4.18. The van der Waals surface area contributed by atoms with E-state index in [-0.39, 0.29) is 11.4 Å². The van der Waals surface area contributed by atoms with Crippen LogP contribution in [0.4, 0.5) is 5.82 Å². The van der Waals surface area contributed by atoms with Gasteiger partial charge in [-0.1, -0.05) is 6.07 Å². The zero-order chi connectivity index (χ0) is 13.4. The molecule has 19 heavy (non-hydrogen) atoms. The van der Waals surface area contributed by atoms with Crippen LogP contribution in [-0.4, -0.2) is 11.6 Å². The minimum absolute atomic E-state index is 0.0769. The van der Waals surface area contributed by atoms with E-state index in [4.69, 9.17) is 15.7 Å². The van der Waals surface area contributed by atoms with Gasteiger partial charge in [-0.05, 0) is 29.3 Å². The Labute approximate surface area is 109 Å². The van der Waals surface area contributed by atoms with Gasteiger partial charge in [-0.15, -0.1) is 0 Å². The van der Waals surface area contributed by atoms with Gasteiger partial charge in [0.15, 0.2) is 0 Å². The lowest BCUT2D eigenvalue weighted by Crippen LogP contribution is -2.13. The molecule has 0 saturated carbocycles. The number of nitrogen functional groups attached to an aromatic ring is 1. The number of anilines is 1. The first kappa shape index (κ1) is 11.4. The molecule has 3 N–H and O–H groups in total. The Morgan fingerprint density at radius 3 is 3.00 bits per heavy atom. The minimum atomic E-state index is -0.464. The molecule has 2 aromatic rings. The normalized spacial score (nSPS) is 12.6. The fourth-order valence-electron chi connectivity index (χ4n) is 2.27. The third kappa shape index (κ3) is 1.83. The number of H-pyrrole nitrogens is 1. The second-order valence-electron chi connectivity index (χ2n) is 4.38. The quantitative estimate of drug-likeness (QED) is 0.804. The number of fused-ring (bicyclic) bond motifs is 1. The Kier molecular flexibility index (Phi) is 2.50. The van der Waals surface area contributed by atoms with Crippen LogP contribution in [0.5, 0.6) is 5.75 Å². The lowest BCUT2D eigenvalue weighted by Gasteiger charge is -2.07. The van der Waals surface area contributed by atoms with E-state index >= 15 is 0 Å². The highest BCUT2D eigenvalue weighted by Gasteiger charge is 2.15. The number of rotatable bonds is 1. The Morgan fingerprint density at radius 1 is 1.37 bits per heavy atom. The molecule has 3 rings (SSSR count). The molecule has 1 aromatic carbocycles. The molecule has 0 fully saturated rings. The number of nitrogens with one attached hydrogen (secondary N) is 1. The first-order chi connectivity index (χ1) is 9.19. The van der Waals surface area contributed by atoms with Gasteiger partial charge in [-0.25, -0.2) is 0 Å². The number of pyridine rings is 1. The van der Waals surface area contributed by atoms with Crippen molar-refractivity contribution in [1.29, 1.82) is 5.26 Å². The number of hydrogen-bond acceptors (Lipinski definition) is 4. The fourth-order valence-corrected chi connectivity index (χ4v) is 2.27. The molecule has 1 aliphatic heterocycles. The number of ether oxygens (including phenoxy) is 1. The van der Waals surface area contributed by atoms with Crippen molar-refractivity contribution in [2.75, 3.05) is 12.3 Å². The number of benzene rings is 1. The summed E-state index contributed by atoms with van der Waals surface area (Å²) in [7, 11) is 0. The van der Waals surface area contributed by atoms with Crippen LogP contribution in [-0.2, 0) is 6.42 Å². The zero-order valence-electron chi connectivity index (χ0n) is 10.1. The third-order valence-electron chi connectivity index (χ3n) is 3.17. The molecule has 5 heteroatoms. The Bertz CT molecular complexity index is 756. The number of nitrogens with zero attached hydrogens (tertiary/aromatic N) is 1. The molecule has 2 heterocycles. The van der Waals surface area contributed by atoms with E-state index in [0.29, 0.717) is 12.2 Å². The van der Waals surface area contributed by atoms with Crippen molar-refractivity contribution >= 4 is 5.82 Å². The predicted molar refractivity (Wildman–Crippen MR) is 70.8 cm³/mol. The van der Waals surface area contributed by atoms with E-state index in [1.54, 1.807) is 6.07 Å². The summed E-state index contributed by atoms with van der Waals surface area (Å²) in [6, 6.07) is 9.17. The highest BCUT2D eigenvalue weighted by atomic mass is 16.5. The molecular weight excluding hydrogens is 242 g/mol. The van der Waals surface area contributed by atoms with Crippen molar-refractivity contribution in [2.24, 2.45) is 0 Å². The largest absolute Gasteiger partial charge is 0.493 e. The molecule has 0 unspecified atom stereocenters. The van der Waals surface area contributed by atoms with E-state index in [1.165, 1.54) is 0 Å². The van der Waals surface area contributed by atoms with Crippen molar-refractivity contribution in [1.82, 2.24) is 4.98 Å². The van der Waals surface area contributed by atoms with Crippen molar-refractivity contribution in [3.8, 4) is 22.9 Å². The number of aromatic nitrogens is 1. The fraction of sp³-hybridized carbons (Fsp3) is 0.143. The second-order valence-corrected chi connectivity index (χ2v) is 4.38. The maximum absolute atomic E-state index is 11.7. The van der Waals surface area contributed by atoms with Crippen molar-refractivity contribution < 1.29 is 4.74 Å². The number of hydrogen-bond donors (Lipinski definition) is 2. The van der Waals surface area contributed by atoms with Gasteiger partial charge in [-0.2, -0.15) is 5.26 Å². The molecule has 0 saturated heterocycles. The summed E-state index contributed by atoms with van der Waals surface area (Å²) in [4.78, 5) is 14.1. The van der Waals surface area contributed by atoms with Crippen molar-refractivity contribution in [3.63, 3.8) is 0 Å². The maximum atomic E-state index is 11.7. The van der Waals surface area contributed by atoms with Gasteiger partial charge in [0.05, 0.1) is 6.61 Å². The summed E-state index contributed by atoms with van der Waals surface area (Å²) >= 11 is 0. The average molecular weight is 253 g/mol. The van der Waals surface area contributed by atoms with Gasteiger partial charge in [0.1, 0.15) is 23.2 Å². The van der Waals surface area contributed by atoms with E-state index in [9.17, 15) is 4.79 Å². The van der Waals surface area contributed by atoms with Gasteiger partial charge in [0.25, 0.3) is 5.56 Å². The monoisotopic (exact) mass is 253 g/mol. The smallest absolute Gasteiger partial charge is 0.268 e. The number of aromatic amines is 1. The average Bonchev–Trinajstić information content (AvgIpc) is 2.85. The molecule has 5 nitrogen and oxygen atoms in total. The molecular formula is C14H11N3O2. The first-order valence-electron chi connectivity index (χ1n) is 5.88. The minimum Gasteiger partial charge on any atom is -0.493 e. The van der Waals surface area contributed by atoms with Gasteiger partial charge >= 0.3 is 0 Å². The Morgan fingerprint density at radius 2 is 2.21 bits per heavy atom. The highest BCUT2D eigenvalue weighted by Crippen LogP contribution is 2.31. The van der Waals surface area contributed by atoms with E-state index in [2.05, 4.69) is 4.98 Å². The first-order valence-corrected chi connectivity index (χ1v) is 5.88. The van der Waals surface area contributed by atoms with E-state index in [1.807, 2.05) is 24.3 Å². The number of nitriles is 1. The lowest BCUT2D eigenvalue weighted by atomic mass is 9.99. The summed E-state index contributed by atoms with van der Waals surface area (Å²) in [5.41, 5.74) is 7.70. The molecule has 1 aromatic heterocycles. The molecule has 0 aliphatic carbocycles. The third-order valence-corrected chi connectivity index (χ3v) is 3.17. The van der Waals surface area contributed by atoms with E-state index < -0.39 is 5.56 Å². The van der Waals surface area contributed by atoms with Gasteiger partial charge in [-0.3, -0.25) is 4.79 Å². The molecule has 1 aliphatic rings. The summed E-state index contributed by atoms with van der Waals surface area (Å²) in [5, 5.41) is 9.11. The van der Waals surface area contributed by atoms with Crippen LogP contribution in [0.3, 0.4) is 0 Å². The zero-order valence-corrected chi connectivity index (χ0v) is 10.1. The molecule has 0 atom stereocenters. The molecule has 0 spiro atoms. The standard InChI is InChI=1S/C14H11N3O2/c15-7-11-10(6-13(16)17-14(11)18)8-1-2-12-9(5-8)3-4-19-12/h1-2,5-6H,3-4H2,(H3,16,17,18). The SMILES string of the molecule is N#Cc1c(-c2ccc3c(c2)CCO3)cc(N)[nH]c1=O. The van der Waals surface area contributed by atoms with Crippen molar-refractivity contribution in [3.05, 3.63) is 45.7 Å². The van der Waals surface area contributed by atoms with Crippen LogP contribution in [0.2, 0.25) is 0 Å². The van der Waals surface area contributed by atoms with Crippen LogP contribution in [0.25, 0.3) is 11.1 Å². The van der Waals surface area contributed by atoms with E-state index in [0.717, 1.165) is 23.3 Å². The van der Waals surface area contributed by atoms with Crippen molar-refractivity contribution in [2.45, 2.75) is 6.42 Å². The van der Waals surface area contributed by atoms with Crippen LogP contribution in [0.15, 0.2) is 29.1 Å².